The molecule has 1 aromatic heterocycles. The van der Waals surface area contributed by atoms with Crippen molar-refractivity contribution in [2.45, 2.75) is 31.8 Å². The van der Waals surface area contributed by atoms with Gasteiger partial charge in [-0.2, -0.15) is 0 Å². The number of halogens is 1. The molecule has 3 nitrogen and oxygen atoms in total. The lowest BCUT2D eigenvalue weighted by atomic mass is 10.1. The average Bonchev–Trinajstić information content (AvgIpc) is 3.24. The van der Waals surface area contributed by atoms with Gasteiger partial charge in [-0.1, -0.05) is 18.2 Å². The Bertz CT molecular complexity index is 567. The SMILES string of the molecule is Fc1ccccc1Cc1nccc(CNC2CC2)n1. The van der Waals surface area contributed by atoms with E-state index >= 15 is 0 Å². The summed E-state index contributed by atoms with van der Waals surface area (Å²) in [5.41, 5.74) is 1.60. The van der Waals surface area contributed by atoms with E-state index in [2.05, 4.69) is 15.3 Å². The molecule has 2 aromatic rings. The molecular weight excluding hydrogens is 241 g/mol. The van der Waals surface area contributed by atoms with E-state index in [1.807, 2.05) is 12.1 Å². The van der Waals surface area contributed by atoms with Crippen LogP contribution in [0.15, 0.2) is 36.5 Å². The first-order valence-electron chi connectivity index (χ1n) is 6.59. The minimum absolute atomic E-state index is 0.201. The van der Waals surface area contributed by atoms with Gasteiger partial charge in [0.15, 0.2) is 0 Å². The second kappa shape index (κ2) is 5.45. The molecule has 0 saturated heterocycles. The molecule has 0 radical (unpaired) electrons. The molecule has 1 aliphatic rings. The molecule has 1 aliphatic carbocycles. The number of rotatable bonds is 5. The fourth-order valence-electron chi connectivity index (χ4n) is 1.97. The van der Waals surface area contributed by atoms with Crippen LogP contribution >= 0.6 is 0 Å². The molecule has 1 N–H and O–H groups in total. The Morgan fingerprint density at radius 3 is 2.84 bits per heavy atom. The van der Waals surface area contributed by atoms with Gasteiger partial charge in [0, 0.05) is 25.2 Å². The van der Waals surface area contributed by atoms with E-state index in [1.54, 1.807) is 18.3 Å². The molecule has 98 valence electrons. The lowest BCUT2D eigenvalue weighted by molar-refractivity contribution is 0.611. The molecule has 0 spiro atoms. The van der Waals surface area contributed by atoms with Gasteiger partial charge >= 0.3 is 0 Å². The number of benzene rings is 1. The van der Waals surface area contributed by atoms with E-state index in [1.165, 1.54) is 18.9 Å². The molecule has 1 fully saturated rings. The molecule has 19 heavy (non-hydrogen) atoms. The molecule has 4 heteroatoms. The third kappa shape index (κ3) is 3.35. The Morgan fingerprint density at radius 2 is 2.05 bits per heavy atom. The first kappa shape index (κ1) is 12.2. The van der Waals surface area contributed by atoms with Gasteiger partial charge in [0.2, 0.25) is 0 Å². The molecule has 1 aromatic carbocycles. The predicted molar refractivity (Wildman–Crippen MR) is 71.1 cm³/mol. The van der Waals surface area contributed by atoms with Gasteiger partial charge in [0.25, 0.3) is 0 Å². The van der Waals surface area contributed by atoms with Crippen LogP contribution in [0.4, 0.5) is 4.39 Å². The highest BCUT2D eigenvalue weighted by Gasteiger charge is 2.20. The van der Waals surface area contributed by atoms with Crippen molar-refractivity contribution in [3.63, 3.8) is 0 Å². The van der Waals surface area contributed by atoms with Crippen molar-refractivity contribution in [3.8, 4) is 0 Å². The lowest BCUT2D eigenvalue weighted by Crippen LogP contribution is -2.17. The molecule has 0 bridgehead atoms. The first-order chi connectivity index (χ1) is 9.31. The third-order valence-corrected chi connectivity index (χ3v) is 3.22. The molecule has 1 saturated carbocycles. The smallest absolute Gasteiger partial charge is 0.133 e. The Kier molecular flexibility index (Phi) is 3.51. The number of aromatic nitrogens is 2. The molecule has 1 heterocycles. The quantitative estimate of drug-likeness (QED) is 0.894. The zero-order chi connectivity index (χ0) is 13.1. The summed E-state index contributed by atoms with van der Waals surface area (Å²) in [7, 11) is 0. The van der Waals surface area contributed by atoms with Gasteiger partial charge in [0.1, 0.15) is 11.6 Å². The normalized spacial score (nSPS) is 14.6. The average molecular weight is 257 g/mol. The van der Waals surface area contributed by atoms with E-state index in [0.717, 1.165) is 12.2 Å². The van der Waals surface area contributed by atoms with Crippen LogP contribution in [0, 0.1) is 5.82 Å². The van der Waals surface area contributed by atoms with Crippen LogP contribution in [0.5, 0.6) is 0 Å². The fourth-order valence-corrected chi connectivity index (χ4v) is 1.97. The van der Waals surface area contributed by atoms with E-state index in [0.29, 0.717) is 23.9 Å². The zero-order valence-electron chi connectivity index (χ0n) is 10.6. The maximum Gasteiger partial charge on any atom is 0.133 e. The lowest BCUT2D eigenvalue weighted by Gasteiger charge is -2.05. The Morgan fingerprint density at radius 1 is 1.21 bits per heavy atom. The molecular formula is C15H16FN3. The van der Waals surface area contributed by atoms with Crippen LogP contribution in [0.2, 0.25) is 0 Å². The standard InChI is InChI=1S/C15H16FN3/c16-14-4-2-1-3-11(14)9-15-17-8-7-13(19-15)10-18-12-5-6-12/h1-4,7-8,12,18H,5-6,9-10H2. The van der Waals surface area contributed by atoms with Crippen molar-refractivity contribution in [2.75, 3.05) is 0 Å². The molecule has 0 aliphatic heterocycles. The van der Waals surface area contributed by atoms with E-state index in [9.17, 15) is 4.39 Å². The third-order valence-electron chi connectivity index (χ3n) is 3.22. The van der Waals surface area contributed by atoms with Crippen molar-refractivity contribution in [1.82, 2.24) is 15.3 Å². The Hall–Kier alpha value is -1.81. The van der Waals surface area contributed by atoms with E-state index in [4.69, 9.17) is 0 Å². The minimum atomic E-state index is -0.201. The van der Waals surface area contributed by atoms with Crippen molar-refractivity contribution in [1.29, 1.82) is 0 Å². The van der Waals surface area contributed by atoms with Gasteiger partial charge in [-0.3, -0.25) is 0 Å². The minimum Gasteiger partial charge on any atom is -0.308 e. The number of hydrogen-bond donors (Lipinski definition) is 1. The van der Waals surface area contributed by atoms with Crippen molar-refractivity contribution >= 4 is 0 Å². The molecule has 0 amide bonds. The van der Waals surface area contributed by atoms with Crippen LogP contribution in [-0.4, -0.2) is 16.0 Å². The molecule has 3 rings (SSSR count). The second-order valence-corrected chi connectivity index (χ2v) is 4.89. The maximum absolute atomic E-state index is 13.6. The summed E-state index contributed by atoms with van der Waals surface area (Å²) < 4.78 is 13.6. The van der Waals surface area contributed by atoms with Gasteiger partial charge in [0.05, 0.1) is 5.69 Å². The highest BCUT2D eigenvalue weighted by Crippen LogP contribution is 2.19. The van der Waals surface area contributed by atoms with Crippen molar-refractivity contribution in [3.05, 3.63) is 59.4 Å². The molecule has 0 unspecified atom stereocenters. The number of hydrogen-bond acceptors (Lipinski definition) is 3. The largest absolute Gasteiger partial charge is 0.308 e. The van der Waals surface area contributed by atoms with Crippen LogP contribution in [-0.2, 0) is 13.0 Å². The summed E-state index contributed by atoms with van der Waals surface area (Å²) in [4.78, 5) is 8.68. The van der Waals surface area contributed by atoms with Gasteiger partial charge in [-0.05, 0) is 30.5 Å². The first-order valence-corrected chi connectivity index (χ1v) is 6.59. The number of nitrogens with zero attached hydrogens (tertiary/aromatic N) is 2. The fraction of sp³-hybridized carbons (Fsp3) is 0.333. The van der Waals surface area contributed by atoms with E-state index in [-0.39, 0.29) is 5.82 Å². The van der Waals surface area contributed by atoms with Crippen LogP contribution < -0.4 is 5.32 Å². The summed E-state index contributed by atoms with van der Waals surface area (Å²) in [6, 6.07) is 9.32. The van der Waals surface area contributed by atoms with Crippen molar-refractivity contribution < 1.29 is 4.39 Å². The van der Waals surface area contributed by atoms with Gasteiger partial charge < -0.3 is 5.32 Å². The monoisotopic (exact) mass is 257 g/mol. The maximum atomic E-state index is 13.6. The van der Waals surface area contributed by atoms with Gasteiger partial charge in [-0.15, -0.1) is 0 Å². The van der Waals surface area contributed by atoms with Crippen LogP contribution in [0.25, 0.3) is 0 Å². The highest BCUT2D eigenvalue weighted by atomic mass is 19.1. The molecule has 0 atom stereocenters. The zero-order valence-corrected chi connectivity index (χ0v) is 10.6. The summed E-state index contributed by atoms with van der Waals surface area (Å²) in [5.74, 6) is 0.466. The van der Waals surface area contributed by atoms with Gasteiger partial charge in [-0.25, -0.2) is 14.4 Å². The van der Waals surface area contributed by atoms with Crippen molar-refractivity contribution in [2.24, 2.45) is 0 Å². The highest BCUT2D eigenvalue weighted by molar-refractivity contribution is 5.21. The van der Waals surface area contributed by atoms with Crippen LogP contribution in [0.3, 0.4) is 0 Å². The topological polar surface area (TPSA) is 37.8 Å². The van der Waals surface area contributed by atoms with E-state index < -0.39 is 0 Å². The summed E-state index contributed by atoms with van der Waals surface area (Å²) >= 11 is 0. The summed E-state index contributed by atoms with van der Waals surface area (Å²) in [5, 5.41) is 3.41. The summed E-state index contributed by atoms with van der Waals surface area (Å²) in [6.07, 6.45) is 4.69. The summed E-state index contributed by atoms with van der Waals surface area (Å²) in [6.45, 7) is 0.761. The Labute approximate surface area is 111 Å². The second-order valence-electron chi connectivity index (χ2n) is 4.89. The Balaban J connectivity index is 1.70. The predicted octanol–water partition coefficient (Wildman–Crippen LogP) is 2.46. The van der Waals surface area contributed by atoms with Crippen LogP contribution in [0.1, 0.15) is 29.9 Å². The number of nitrogens with one attached hydrogen (secondary N) is 1.